The highest BCUT2D eigenvalue weighted by molar-refractivity contribution is 5.95. The van der Waals surface area contributed by atoms with Gasteiger partial charge in [-0.2, -0.15) is 0 Å². The predicted octanol–water partition coefficient (Wildman–Crippen LogP) is 2.78. The van der Waals surface area contributed by atoms with Gasteiger partial charge in [0.05, 0.1) is 6.61 Å². The molecule has 4 rings (SSSR count). The number of benzene rings is 1. The average molecular weight is 340 g/mol. The van der Waals surface area contributed by atoms with Crippen molar-refractivity contribution in [2.75, 3.05) is 20.2 Å². The van der Waals surface area contributed by atoms with E-state index in [9.17, 15) is 4.79 Å². The molecule has 132 valence electrons. The van der Waals surface area contributed by atoms with Gasteiger partial charge in [0.25, 0.3) is 5.91 Å². The molecule has 1 aliphatic carbocycles. The molecule has 0 unspecified atom stereocenters. The zero-order valence-electron chi connectivity index (χ0n) is 14.6. The number of nitrogens with zero attached hydrogens (tertiary/aromatic N) is 4. The first-order valence-electron chi connectivity index (χ1n) is 9.03. The molecule has 1 aliphatic heterocycles. The van der Waals surface area contributed by atoms with E-state index in [1.165, 1.54) is 12.8 Å². The number of hydrogen-bond acceptors (Lipinski definition) is 4. The zero-order valence-corrected chi connectivity index (χ0v) is 14.6. The minimum Gasteiger partial charge on any atom is -0.380 e. The number of carbonyl (C=O) groups is 1. The van der Waals surface area contributed by atoms with Crippen LogP contribution in [-0.4, -0.2) is 45.8 Å². The summed E-state index contributed by atoms with van der Waals surface area (Å²) in [7, 11) is 1.66. The second kappa shape index (κ2) is 6.96. The van der Waals surface area contributed by atoms with Gasteiger partial charge < -0.3 is 14.2 Å². The Balaban J connectivity index is 1.53. The molecular formula is C19H24N4O2. The molecular weight excluding hydrogens is 316 g/mol. The summed E-state index contributed by atoms with van der Waals surface area (Å²) in [5, 5.41) is 8.49. The summed E-state index contributed by atoms with van der Waals surface area (Å²) in [5.74, 6) is 1.41. The van der Waals surface area contributed by atoms with Crippen LogP contribution in [0.15, 0.2) is 30.6 Å². The SMILES string of the molecule is COCc1ccccc1C(=O)N1CCC[C@H](c2nncn2C2CC2)C1. The molecule has 6 nitrogen and oxygen atoms in total. The number of rotatable bonds is 5. The number of aromatic nitrogens is 3. The van der Waals surface area contributed by atoms with Crippen molar-refractivity contribution in [3.05, 3.63) is 47.5 Å². The van der Waals surface area contributed by atoms with Crippen LogP contribution < -0.4 is 0 Å². The Labute approximate surface area is 147 Å². The molecule has 2 fully saturated rings. The van der Waals surface area contributed by atoms with Crippen LogP contribution in [0.3, 0.4) is 0 Å². The van der Waals surface area contributed by atoms with Crippen LogP contribution in [0.5, 0.6) is 0 Å². The average Bonchev–Trinajstić information content (AvgIpc) is 3.38. The third kappa shape index (κ3) is 3.31. The van der Waals surface area contributed by atoms with Gasteiger partial charge in [-0.1, -0.05) is 18.2 Å². The first kappa shape index (κ1) is 16.3. The summed E-state index contributed by atoms with van der Waals surface area (Å²) in [6, 6.07) is 8.29. The Kier molecular flexibility index (Phi) is 4.53. The molecule has 1 atom stereocenters. The third-order valence-corrected chi connectivity index (χ3v) is 5.16. The molecule has 0 radical (unpaired) electrons. The molecule has 1 aromatic heterocycles. The van der Waals surface area contributed by atoms with Gasteiger partial charge in [-0.25, -0.2) is 0 Å². The molecule has 0 bridgehead atoms. The third-order valence-electron chi connectivity index (χ3n) is 5.16. The van der Waals surface area contributed by atoms with Crippen molar-refractivity contribution < 1.29 is 9.53 Å². The lowest BCUT2D eigenvalue weighted by atomic mass is 9.96. The van der Waals surface area contributed by atoms with Crippen molar-refractivity contribution in [2.24, 2.45) is 0 Å². The van der Waals surface area contributed by atoms with Crippen LogP contribution in [0.4, 0.5) is 0 Å². The normalized spacial score (nSPS) is 20.7. The van der Waals surface area contributed by atoms with Crippen LogP contribution in [0.25, 0.3) is 0 Å². The minimum atomic E-state index is 0.0924. The molecule has 2 heterocycles. The summed E-state index contributed by atoms with van der Waals surface area (Å²) >= 11 is 0. The fraction of sp³-hybridized carbons (Fsp3) is 0.526. The lowest BCUT2D eigenvalue weighted by Gasteiger charge is -2.33. The Morgan fingerprint density at radius 1 is 1.28 bits per heavy atom. The van der Waals surface area contributed by atoms with Gasteiger partial charge in [0, 0.05) is 37.7 Å². The van der Waals surface area contributed by atoms with E-state index < -0.39 is 0 Å². The molecule has 0 N–H and O–H groups in total. The fourth-order valence-corrected chi connectivity index (χ4v) is 3.73. The van der Waals surface area contributed by atoms with Crippen LogP contribution in [0, 0.1) is 0 Å². The summed E-state index contributed by atoms with van der Waals surface area (Å²) < 4.78 is 7.46. The molecule has 0 spiro atoms. The Hall–Kier alpha value is -2.21. The molecule has 1 saturated heterocycles. The number of hydrogen-bond donors (Lipinski definition) is 0. The monoisotopic (exact) mass is 340 g/mol. The van der Waals surface area contributed by atoms with Crippen LogP contribution in [0.1, 0.15) is 59.4 Å². The Morgan fingerprint density at radius 2 is 2.12 bits per heavy atom. The van der Waals surface area contributed by atoms with Crippen molar-refractivity contribution in [3.63, 3.8) is 0 Å². The number of carbonyl (C=O) groups excluding carboxylic acids is 1. The van der Waals surface area contributed by atoms with E-state index in [1.807, 2.05) is 35.5 Å². The maximum Gasteiger partial charge on any atom is 0.254 e. The van der Waals surface area contributed by atoms with Crippen LogP contribution in [0.2, 0.25) is 0 Å². The van der Waals surface area contributed by atoms with Crippen molar-refractivity contribution >= 4 is 5.91 Å². The molecule has 25 heavy (non-hydrogen) atoms. The number of piperidine rings is 1. The zero-order chi connectivity index (χ0) is 17.2. The summed E-state index contributed by atoms with van der Waals surface area (Å²) in [6.07, 6.45) is 6.34. The van der Waals surface area contributed by atoms with Crippen LogP contribution >= 0.6 is 0 Å². The molecule has 1 saturated carbocycles. The summed E-state index contributed by atoms with van der Waals surface area (Å²) in [5.41, 5.74) is 1.69. The van der Waals surface area contributed by atoms with Gasteiger partial charge in [-0.15, -0.1) is 10.2 Å². The number of ether oxygens (including phenoxy) is 1. The molecule has 1 aromatic carbocycles. The van der Waals surface area contributed by atoms with E-state index in [0.717, 1.165) is 36.3 Å². The van der Waals surface area contributed by atoms with Gasteiger partial charge in [-0.05, 0) is 37.3 Å². The highest BCUT2D eigenvalue weighted by atomic mass is 16.5. The Bertz CT molecular complexity index is 753. The maximum absolute atomic E-state index is 13.1. The number of amides is 1. The largest absolute Gasteiger partial charge is 0.380 e. The van der Waals surface area contributed by atoms with Gasteiger partial charge in [-0.3, -0.25) is 4.79 Å². The molecule has 2 aliphatic rings. The van der Waals surface area contributed by atoms with E-state index in [0.29, 0.717) is 19.2 Å². The number of likely N-dealkylation sites (tertiary alicyclic amines) is 1. The smallest absolute Gasteiger partial charge is 0.254 e. The lowest BCUT2D eigenvalue weighted by molar-refractivity contribution is 0.0698. The van der Waals surface area contributed by atoms with E-state index in [4.69, 9.17) is 4.74 Å². The van der Waals surface area contributed by atoms with Crippen molar-refractivity contribution in [1.29, 1.82) is 0 Å². The first-order valence-corrected chi connectivity index (χ1v) is 9.03. The van der Waals surface area contributed by atoms with E-state index in [2.05, 4.69) is 14.8 Å². The Morgan fingerprint density at radius 3 is 2.92 bits per heavy atom. The molecule has 1 amide bonds. The van der Waals surface area contributed by atoms with Crippen molar-refractivity contribution in [2.45, 2.75) is 44.2 Å². The summed E-state index contributed by atoms with van der Waals surface area (Å²) in [4.78, 5) is 15.0. The fourth-order valence-electron chi connectivity index (χ4n) is 3.73. The second-order valence-corrected chi connectivity index (χ2v) is 7.01. The lowest BCUT2D eigenvalue weighted by Crippen LogP contribution is -2.40. The first-order chi connectivity index (χ1) is 12.3. The van der Waals surface area contributed by atoms with Crippen molar-refractivity contribution in [3.8, 4) is 0 Å². The molecule has 6 heteroatoms. The van der Waals surface area contributed by atoms with E-state index >= 15 is 0 Å². The number of methoxy groups -OCH3 is 1. The topological polar surface area (TPSA) is 60.2 Å². The van der Waals surface area contributed by atoms with Crippen molar-refractivity contribution in [1.82, 2.24) is 19.7 Å². The van der Waals surface area contributed by atoms with E-state index in [-0.39, 0.29) is 11.8 Å². The molecule has 2 aromatic rings. The van der Waals surface area contributed by atoms with Gasteiger partial charge >= 0.3 is 0 Å². The minimum absolute atomic E-state index is 0.0924. The van der Waals surface area contributed by atoms with Gasteiger partial charge in [0.1, 0.15) is 12.2 Å². The van der Waals surface area contributed by atoms with Gasteiger partial charge in [0.2, 0.25) is 0 Å². The maximum atomic E-state index is 13.1. The summed E-state index contributed by atoms with van der Waals surface area (Å²) in [6.45, 7) is 1.97. The second-order valence-electron chi connectivity index (χ2n) is 7.01. The predicted molar refractivity (Wildman–Crippen MR) is 93.3 cm³/mol. The van der Waals surface area contributed by atoms with Crippen LogP contribution in [-0.2, 0) is 11.3 Å². The quantitative estimate of drug-likeness (QED) is 0.840. The van der Waals surface area contributed by atoms with Gasteiger partial charge in [0.15, 0.2) is 0 Å². The highest BCUT2D eigenvalue weighted by Crippen LogP contribution is 2.38. The van der Waals surface area contributed by atoms with E-state index in [1.54, 1.807) is 7.11 Å². The standard InChI is InChI=1S/C19H24N4O2/c1-25-12-15-5-2-3-7-17(15)19(24)22-10-4-6-14(11-22)18-21-20-13-23(18)16-8-9-16/h2-3,5,7,13-14,16H,4,6,8-12H2,1H3/t14-/m0/s1. The highest BCUT2D eigenvalue weighted by Gasteiger charge is 2.33.